The van der Waals surface area contributed by atoms with Crippen LogP contribution in [0.5, 0.6) is 0 Å². The van der Waals surface area contributed by atoms with E-state index in [0.717, 1.165) is 24.3 Å². The zero-order valence-corrected chi connectivity index (χ0v) is 8.51. The van der Waals surface area contributed by atoms with E-state index in [1.807, 2.05) is 4.79 Å². The number of ketones is 1. The summed E-state index contributed by atoms with van der Waals surface area (Å²) in [5.41, 5.74) is 5.34. The maximum absolute atomic E-state index is 12.2. The maximum atomic E-state index is 12.2. The third-order valence-electron chi connectivity index (χ3n) is 1.92. The third kappa shape index (κ3) is 2.77. The Bertz CT molecular complexity index is 544. The maximum Gasteiger partial charge on any atom is 0.499 e. The molecular weight excluding hydrogens is 255 g/mol. The first-order chi connectivity index (χ1) is 8.27. The van der Waals surface area contributed by atoms with Gasteiger partial charge in [-0.3, -0.25) is 14.9 Å². The Labute approximate surface area is 97.4 Å². The zero-order chi connectivity index (χ0) is 13.9. The van der Waals surface area contributed by atoms with Gasteiger partial charge in [0.2, 0.25) is 0 Å². The molecule has 0 aliphatic heterocycles. The van der Waals surface area contributed by atoms with Crippen molar-refractivity contribution < 1.29 is 27.7 Å². The predicted octanol–water partition coefficient (Wildman–Crippen LogP) is 2.01. The fourth-order valence-corrected chi connectivity index (χ4v) is 1.10. The smallest absolute Gasteiger partial charge is 0.361 e. The van der Waals surface area contributed by atoms with Gasteiger partial charge >= 0.3 is 11.9 Å². The molecule has 9 heteroatoms. The molecule has 0 aromatic heterocycles. The minimum absolute atomic E-state index is 0.374. The molecule has 0 heterocycles. The van der Waals surface area contributed by atoms with Crippen molar-refractivity contribution in [3.05, 3.63) is 45.5 Å². The topological polar surface area (TPSA) is 96.6 Å². The molecule has 0 atom stereocenters. The summed E-state index contributed by atoms with van der Waals surface area (Å²) in [6, 6.07) is 3.44. The van der Waals surface area contributed by atoms with Crippen molar-refractivity contribution in [1.82, 2.24) is 0 Å². The minimum Gasteiger partial charge on any atom is -0.361 e. The van der Waals surface area contributed by atoms with Crippen LogP contribution >= 0.6 is 0 Å². The van der Waals surface area contributed by atoms with Gasteiger partial charge in [0.1, 0.15) is 0 Å². The molecule has 0 spiro atoms. The lowest BCUT2D eigenvalue weighted by atomic mass is 10.1. The summed E-state index contributed by atoms with van der Waals surface area (Å²) in [5.74, 6) is -1.57. The second-order valence-corrected chi connectivity index (χ2v) is 3.08. The van der Waals surface area contributed by atoms with E-state index in [0.29, 0.717) is 0 Å². The highest BCUT2D eigenvalue weighted by molar-refractivity contribution is 6.45. The molecule has 0 N–H and O–H groups in total. The van der Waals surface area contributed by atoms with Gasteiger partial charge in [-0.15, -0.1) is 0 Å². The van der Waals surface area contributed by atoms with Gasteiger partial charge in [0, 0.05) is 17.7 Å². The molecule has 0 aliphatic carbocycles. The molecule has 0 saturated carbocycles. The van der Waals surface area contributed by atoms with Crippen molar-refractivity contribution in [1.29, 1.82) is 0 Å². The summed E-state index contributed by atoms with van der Waals surface area (Å²) in [7, 11) is 0. The summed E-state index contributed by atoms with van der Waals surface area (Å²) in [6.45, 7) is 0. The fourth-order valence-electron chi connectivity index (χ4n) is 1.10. The highest BCUT2D eigenvalue weighted by Crippen LogP contribution is 2.20. The van der Waals surface area contributed by atoms with Gasteiger partial charge in [0.15, 0.2) is 0 Å². The van der Waals surface area contributed by atoms with E-state index in [1.54, 1.807) is 0 Å². The van der Waals surface area contributed by atoms with Crippen LogP contribution in [0, 0.1) is 10.1 Å². The van der Waals surface area contributed by atoms with Gasteiger partial charge in [0.05, 0.1) is 4.92 Å². The number of Topliss-reactive ketones (excluding diaryl/α,β-unsaturated/α-hetero) is 1. The first-order valence-corrected chi connectivity index (χ1v) is 4.35. The van der Waals surface area contributed by atoms with Crippen LogP contribution in [0.1, 0.15) is 10.4 Å². The Morgan fingerprint density at radius 3 is 2.11 bits per heavy atom. The number of carbonyl (C=O) groups is 1. The standard InChI is InChI=1S/C9H4F3N3O3/c10-9(11,12)8(14-13)7(16)5-1-3-6(4-2-5)15(17)18/h1-4H. The SMILES string of the molecule is [N-]=[N+]=C(C(=O)c1ccc([N+](=O)[O-])cc1)C(F)(F)F. The van der Waals surface area contributed by atoms with Crippen LogP contribution in [-0.4, -0.2) is 27.4 Å². The number of nitro groups is 1. The average molecular weight is 259 g/mol. The highest BCUT2D eigenvalue weighted by Gasteiger charge is 2.49. The molecule has 1 aromatic rings. The van der Waals surface area contributed by atoms with E-state index in [4.69, 9.17) is 5.53 Å². The van der Waals surface area contributed by atoms with E-state index in [1.165, 1.54) is 0 Å². The Hall–Kier alpha value is -2.54. The quantitative estimate of drug-likeness (QED) is 0.207. The number of hydrogen-bond acceptors (Lipinski definition) is 3. The van der Waals surface area contributed by atoms with Gasteiger partial charge < -0.3 is 5.53 Å². The van der Waals surface area contributed by atoms with Gasteiger partial charge in [0.25, 0.3) is 11.5 Å². The predicted molar refractivity (Wildman–Crippen MR) is 52.1 cm³/mol. The van der Waals surface area contributed by atoms with Crippen molar-refractivity contribution in [3.8, 4) is 0 Å². The van der Waals surface area contributed by atoms with Gasteiger partial charge in [-0.1, -0.05) is 0 Å². The molecule has 0 unspecified atom stereocenters. The van der Waals surface area contributed by atoms with Crippen molar-refractivity contribution >= 4 is 17.2 Å². The van der Waals surface area contributed by atoms with Crippen LogP contribution in [0.15, 0.2) is 24.3 Å². The van der Waals surface area contributed by atoms with E-state index >= 15 is 0 Å². The Balaban J connectivity index is 3.12. The van der Waals surface area contributed by atoms with Gasteiger partial charge in [-0.2, -0.15) is 18.0 Å². The number of carbonyl (C=O) groups excluding carboxylic acids is 1. The van der Waals surface area contributed by atoms with Crippen LogP contribution in [0.4, 0.5) is 18.9 Å². The number of halogens is 3. The van der Waals surface area contributed by atoms with E-state index < -0.39 is 28.2 Å². The molecule has 6 nitrogen and oxygen atoms in total. The number of hydrogen-bond donors (Lipinski definition) is 0. The normalized spacial score (nSPS) is 10.6. The van der Waals surface area contributed by atoms with Crippen LogP contribution in [0.2, 0.25) is 0 Å². The third-order valence-corrected chi connectivity index (χ3v) is 1.92. The fraction of sp³-hybridized carbons (Fsp3) is 0.111. The summed E-state index contributed by atoms with van der Waals surface area (Å²) in [6.07, 6.45) is -5.10. The molecule has 0 bridgehead atoms. The van der Waals surface area contributed by atoms with Gasteiger partial charge in [-0.05, 0) is 12.1 Å². The highest BCUT2D eigenvalue weighted by atomic mass is 19.4. The van der Waals surface area contributed by atoms with Crippen molar-refractivity contribution in [3.63, 3.8) is 0 Å². The average Bonchev–Trinajstić information content (AvgIpc) is 2.28. The molecule has 0 amide bonds. The van der Waals surface area contributed by atoms with E-state index in [2.05, 4.69) is 0 Å². The number of alkyl halides is 3. The largest absolute Gasteiger partial charge is 0.499 e. The van der Waals surface area contributed by atoms with Crippen molar-refractivity contribution in [2.45, 2.75) is 6.18 Å². The Kier molecular flexibility index (Phi) is 3.58. The molecular formula is C9H4F3N3O3. The van der Waals surface area contributed by atoms with Crippen molar-refractivity contribution in [2.75, 3.05) is 0 Å². The number of nitrogens with zero attached hydrogens (tertiary/aromatic N) is 3. The molecule has 0 fully saturated rings. The monoisotopic (exact) mass is 259 g/mol. The minimum atomic E-state index is -5.10. The Morgan fingerprint density at radius 1 is 1.28 bits per heavy atom. The Morgan fingerprint density at radius 2 is 1.78 bits per heavy atom. The summed E-state index contributed by atoms with van der Waals surface area (Å²) < 4.78 is 36.7. The van der Waals surface area contributed by atoms with Crippen LogP contribution < -0.4 is 0 Å². The number of rotatable bonds is 3. The number of non-ortho nitro benzene ring substituents is 1. The summed E-state index contributed by atoms with van der Waals surface area (Å²) >= 11 is 0. The lowest BCUT2D eigenvalue weighted by Gasteiger charge is -2.00. The number of benzene rings is 1. The molecule has 94 valence electrons. The zero-order valence-electron chi connectivity index (χ0n) is 8.51. The molecule has 0 aliphatic rings. The molecule has 18 heavy (non-hydrogen) atoms. The first kappa shape index (κ1) is 13.5. The molecule has 1 aromatic carbocycles. The van der Waals surface area contributed by atoms with Crippen LogP contribution in [0.3, 0.4) is 0 Å². The van der Waals surface area contributed by atoms with Crippen LogP contribution in [0.25, 0.3) is 5.53 Å². The lowest BCUT2D eigenvalue weighted by Crippen LogP contribution is -2.32. The number of nitro benzene ring substituents is 1. The second kappa shape index (κ2) is 4.76. The van der Waals surface area contributed by atoms with Gasteiger partial charge in [-0.25, -0.2) is 0 Å². The summed E-state index contributed by atoms with van der Waals surface area (Å²) in [5, 5.41) is 10.3. The van der Waals surface area contributed by atoms with Crippen molar-refractivity contribution in [2.24, 2.45) is 0 Å². The second-order valence-electron chi connectivity index (χ2n) is 3.08. The molecule has 0 radical (unpaired) electrons. The van der Waals surface area contributed by atoms with E-state index in [-0.39, 0.29) is 5.69 Å². The molecule has 0 saturated heterocycles. The first-order valence-electron chi connectivity index (χ1n) is 4.35. The van der Waals surface area contributed by atoms with E-state index in [9.17, 15) is 28.1 Å². The summed E-state index contributed by atoms with van der Waals surface area (Å²) in [4.78, 5) is 22.8. The molecule has 1 rings (SSSR count). The lowest BCUT2D eigenvalue weighted by molar-refractivity contribution is -0.384. The van der Waals surface area contributed by atoms with Crippen LogP contribution in [-0.2, 0) is 0 Å².